The van der Waals surface area contributed by atoms with Gasteiger partial charge in [0, 0.05) is 5.56 Å². The van der Waals surface area contributed by atoms with E-state index in [1.165, 1.54) is 25.6 Å². The third-order valence-electron chi connectivity index (χ3n) is 3.84. The van der Waals surface area contributed by atoms with Gasteiger partial charge in [-0.15, -0.1) is 10.2 Å². The molecule has 2 aromatic carbocycles. The van der Waals surface area contributed by atoms with E-state index in [1.807, 2.05) is 37.3 Å². The summed E-state index contributed by atoms with van der Waals surface area (Å²) in [7, 11) is 3.04. The number of hydrogen-bond acceptors (Lipinski definition) is 8. The summed E-state index contributed by atoms with van der Waals surface area (Å²) in [4.78, 5) is 12.7. The molecule has 152 valence electrons. The minimum absolute atomic E-state index is 0.333. The van der Waals surface area contributed by atoms with Crippen molar-refractivity contribution < 1.29 is 19.0 Å². The summed E-state index contributed by atoms with van der Waals surface area (Å²) in [5.41, 5.74) is 1.38. The lowest BCUT2D eigenvalue weighted by atomic mass is 10.1. The van der Waals surface area contributed by atoms with Crippen LogP contribution in [0.3, 0.4) is 0 Å². The van der Waals surface area contributed by atoms with Gasteiger partial charge in [-0.2, -0.15) is 0 Å². The van der Waals surface area contributed by atoms with Crippen molar-refractivity contribution in [2.75, 3.05) is 25.3 Å². The van der Waals surface area contributed by atoms with Crippen molar-refractivity contribution >= 4 is 34.1 Å². The Morgan fingerprint density at radius 3 is 2.41 bits per heavy atom. The number of nitrogens with one attached hydrogen (secondary N) is 1. The van der Waals surface area contributed by atoms with Crippen LogP contribution in [0.4, 0.5) is 5.13 Å². The zero-order valence-corrected chi connectivity index (χ0v) is 17.9. The molecular weight excluding hydrogens is 410 g/mol. The number of carbonyl (C=O) groups excluding carboxylic acids is 1. The molecule has 0 aliphatic carbocycles. The molecule has 0 atom stereocenters. The van der Waals surface area contributed by atoms with E-state index in [9.17, 15) is 4.79 Å². The molecule has 9 heteroatoms. The summed E-state index contributed by atoms with van der Waals surface area (Å²) in [6.07, 6.45) is 0. The number of carbonyl (C=O) groups is 1. The predicted octanol–water partition coefficient (Wildman–Crippen LogP) is 4.50. The Kier molecular flexibility index (Phi) is 7.31. The number of hydrogen-bond donors (Lipinski definition) is 1. The molecule has 0 saturated carbocycles. The van der Waals surface area contributed by atoms with Gasteiger partial charge in [-0.1, -0.05) is 60.4 Å². The van der Waals surface area contributed by atoms with Gasteiger partial charge >= 0.3 is 0 Å². The van der Waals surface area contributed by atoms with E-state index < -0.39 is 0 Å². The molecule has 0 saturated heterocycles. The van der Waals surface area contributed by atoms with Gasteiger partial charge in [0.2, 0.25) is 10.9 Å². The number of thioether (sulfide) groups is 1. The molecule has 7 nitrogen and oxygen atoms in total. The molecule has 29 heavy (non-hydrogen) atoms. The van der Waals surface area contributed by atoms with Crippen molar-refractivity contribution in [2.24, 2.45) is 0 Å². The Morgan fingerprint density at radius 1 is 1.10 bits per heavy atom. The molecule has 0 radical (unpaired) electrons. The maximum Gasteiger partial charge on any atom is 0.257 e. The second-order valence-corrected chi connectivity index (χ2v) is 8.23. The van der Waals surface area contributed by atoms with Gasteiger partial charge in [0.1, 0.15) is 6.61 Å². The van der Waals surface area contributed by atoms with Crippen LogP contribution >= 0.6 is 23.1 Å². The van der Waals surface area contributed by atoms with E-state index in [0.29, 0.717) is 34.6 Å². The highest BCUT2D eigenvalue weighted by Crippen LogP contribution is 2.39. The Balaban J connectivity index is 1.79. The highest BCUT2D eigenvalue weighted by atomic mass is 32.2. The Hall–Kier alpha value is -2.78. The van der Waals surface area contributed by atoms with Crippen LogP contribution < -0.4 is 19.5 Å². The first-order valence-electron chi connectivity index (χ1n) is 8.85. The standard InChI is InChI=1S/C20H21N3O4S2/c1-4-28-20-23-22-19(29-20)21-18(24)14-10-15(25-2)17(16(11-14)26-3)27-12-13-8-6-5-7-9-13/h5-11H,4,12H2,1-3H3,(H,21,22,24). The third kappa shape index (κ3) is 5.39. The zero-order chi connectivity index (χ0) is 20.6. The first kappa shape index (κ1) is 20.9. The predicted molar refractivity (Wildman–Crippen MR) is 115 cm³/mol. The SMILES string of the molecule is CCSc1nnc(NC(=O)c2cc(OC)c(OCc3ccccc3)c(OC)c2)s1. The van der Waals surface area contributed by atoms with Gasteiger partial charge in [0.15, 0.2) is 15.8 Å². The van der Waals surface area contributed by atoms with Crippen molar-refractivity contribution in [3.05, 3.63) is 53.6 Å². The second-order valence-electron chi connectivity index (χ2n) is 5.74. The van der Waals surface area contributed by atoms with Crippen LogP contribution in [-0.2, 0) is 6.61 Å². The first-order valence-corrected chi connectivity index (χ1v) is 10.6. The number of aromatic nitrogens is 2. The smallest absolute Gasteiger partial charge is 0.257 e. The Labute approximate surface area is 177 Å². The van der Waals surface area contributed by atoms with Gasteiger partial charge in [-0.3, -0.25) is 10.1 Å². The molecule has 0 spiro atoms. The van der Waals surface area contributed by atoms with E-state index in [4.69, 9.17) is 14.2 Å². The minimum Gasteiger partial charge on any atom is -0.493 e. The maximum atomic E-state index is 12.7. The molecule has 1 heterocycles. The molecular formula is C20H21N3O4S2. The number of benzene rings is 2. The van der Waals surface area contributed by atoms with Gasteiger partial charge in [0.25, 0.3) is 5.91 Å². The summed E-state index contributed by atoms with van der Waals surface area (Å²) in [6.45, 7) is 2.38. The summed E-state index contributed by atoms with van der Waals surface area (Å²) < 4.78 is 17.6. The van der Waals surface area contributed by atoms with Crippen LogP contribution in [0, 0.1) is 0 Å². The molecule has 3 aromatic rings. The van der Waals surface area contributed by atoms with Gasteiger partial charge in [-0.25, -0.2) is 0 Å². The number of ether oxygens (including phenoxy) is 3. The van der Waals surface area contributed by atoms with Crippen molar-refractivity contribution in [3.8, 4) is 17.2 Å². The largest absolute Gasteiger partial charge is 0.493 e. The van der Waals surface area contributed by atoms with E-state index in [0.717, 1.165) is 15.7 Å². The first-order chi connectivity index (χ1) is 14.1. The van der Waals surface area contributed by atoms with Crippen molar-refractivity contribution in [2.45, 2.75) is 17.9 Å². The average Bonchev–Trinajstić information content (AvgIpc) is 3.19. The molecule has 0 aliphatic rings. The number of methoxy groups -OCH3 is 2. The van der Waals surface area contributed by atoms with Crippen molar-refractivity contribution in [1.82, 2.24) is 10.2 Å². The quantitative estimate of drug-likeness (QED) is 0.394. The Bertz CT molecular complexity index is 938. The van der Waals surface area contributed by atoms with Gasteiger partial charge in [-0.05, 0) is 23.4 Å². The van der Waals surface area contributed by atoms with E-state index >= 15 is 0 Å². The highest BCUT2D eigenvalue weighted by molar-refractivity contribution is 8.01. The summed E-state index contributed by atoms with van der Waals surface area (Å²) in [6, 6.07) is 13.0. The van der Waals surface area contributed by atoms with E-state index in [2.05, 4.69) is 15.5 Å². The van der Waals surface area contributed by atoms with Crippen molar-refractivity contribution in [1.29, 1.82) is 0 Å². The lowest BCUT2D eigenvalue weighted by molar-refractivity contribution is 0.102. The summed E-state index contributed by atoms with van der Waals surface area (Å²) >= 11 is 2.90. The fourth-order valence-electron chi connectivity index (χ4n) is 2.49. The Morgan fingerprint density at radius 2 is 1.79 bits per heavy atom. The van der Waals surface area contributed by atoms with Gasteiger partial charge in [0.05, 0.1) is 14.2 Å². The molecule has 1 amide bonds. The van der Waals surface area contributed by atoms with Gasteiger partial charge < -0.3 is 14.2 Å². The highest BCUT2D eigenvalue weighted by Gasteiger charge is 2.19. The molecule has 0 unspecified atom stereocenters. The second kappa shape index (κ2) is 10.1. The average molecular weight is 432 g/mol. The van der Waals surface area contributed by atoms with Crippen molar-refractivity contribution in [3.63, 3.8) is 0 Å². The fraction of sp³-hybridized carbons (Fsp3) is 0.250. The van der Waals surface area contributed by atoms with Crippen LogP contribution in [0.25, 0.3) is 0 Å². The number of anilines is 1. The third-order valence-corrected chi connectivity index (χ3v) is 5.70. The van der Waals surface area contributed by atoms with Crippen LogP contribution in [0.2, 0.25) is 0 Å². The molecule has 0 aliphatic heterocycles. The van der Waals surface area contributed by atoms with Crippen LogP contribution in [0.1, 0.15) is 22.8 Å². The number of nitrogens with zero attached hydrogens (tertiary/aromatic N) is 2. The van der Waals surface area contributed by atoms with E-state index in [-0.39, 0.29) is 5.91 Å². The lowest BCUT2D eigenvalue weighted by Gasteiger charge is -2.16. The lowest BCUT2D eigenvalue weighted by Crippen LogP contribution is -2.12. The maximum absolute atomic E-state index is 12.7. The molecule has 1 aromatic heterocycles. The van der Waals surface area contributed by atoms with E-state index in [1.54, 1.807) is 23.9 Å². The van der Waals surface area contributed by atoms with Crippen LogP contribution in [0.15, 0.2) is 46.8 Å². The zero-order valence-electron chi connectivity index (χ0n) is 16.3. The molecule has 0 fully saturated rings. The number of amides is 1. The monoisotopic (exact) mass is 431 g/mol. The molecule has 3 rings (SSSR count). The van der Waals surface area contributed by atoms with Crippen LogP contribution in [0.5, 0.6) is 17.2 Å². The molecule has 0 bridgehead atoms. The summed E-state index contributed by atoms with van der Waals surface area (Å²) in [5, 5.41) is 11.2. The molecule has 1 N–H and O–H groups in total. The van der Waals surface area contributed by atoms with Crippen LogP contribution in [-0.4, -0.2) is 36.1 Å². The summed E-state index contributed by atoms with van der Waals surface area (Å²) in [5.74, 6) is 1.81. The topological polar surface area (TPSA) is 82.6 Å². The number of rotatable bonds is 9. The fourth-order valence-corrected chi connectivity index (χ4v) is 4.14. The normalized spacial score (nSPS) is 10.4. The minimum atomic E-state index is -0.333.